The van der Waals surface area contributed by atoms with Gasteiger partial charge in [-0.3, -0.25) is 0 Å². The highest BCUT2D eigenvalue weighted by Crippen LogP contribution is 2.33. The van der Waals surface area contributed by atoms with Crippen molar-refractivity contribution in [3.63, 3.8) is 0 Å². The zero-order valence-electron chi connectivity index (χ0n) is 10.3. The number of allylic oxidation sites excluding steroid dienone is 1. The van der Waals surface area contributed by atoms with Gasteiger partial charge in [0.2, 0.25) is 0 Å². The van der Waals surface area contributed by atoms with Crippen LogP contribution in [0.2, 0.25) is 5.22 Å². The van der Waals surface area contributed by atoms with Gasteiger partial charge in [-0.1, -0.05) is 25.0 Å². The van der Waals surface area contributed by atoms with Crippen molar-refractivity contribution >= 4 is 11.6 Å². The largest absolute Gasteiger partial charge is 0.453 e. The highest BCUT2D eigenvalue weighted by Gasteiger charge is 2.20. The zero-order valence-corrected chi connectivity index (χ0v) is 11.1. The first-order valence-electron chi connectivity index (χ1n) is 6.48. The van der Waals surface area contributed by atoms with Crippen molar-refractivity contribution in [3.8, 4) is 0 Å². The Bertz CT molecular complexity index is 383. The van der Waals surface area contributed by atoms with Crippen LogP contribution >= 0.6 is 11.6 Å². The van der Waals surface area contributed by atoms with Crippen LogP contribution in [0, 0.1) is 0 Å². The maximum Gasteiger partial charge on any atom is 0.198 e. The van der Waals surface area contributed by atoms with Gasteiger partial charge in [0.25, 0.3) is 0 Å². The Balaban J connectivity index is 2.22. The molecule has 0 aliphatic heterocycles. The molecule has 1 N–H and O–H groups in total. The minimum absolute atomic E-state index is 0.226. The van der Waals surface area contributed by atoms with Crippen molar-refractivity contribution in [1.82, 2.24) is 5.32 Å². The van der Waals surface area contributed by atoms with Gasteiger partial charge >= 0.3 is 0 Å². The third-order valence-electron chi connectivity index (χ3n) is 3.31. The van der Waals surface area contributed by atoms with E-state index in [9.17, 15) is 0 Å². The predicted molar refractivity (Wildman–Crippen MR) is 71.3 cm³/mol. The van der Waals surface area contributed by atoms with Gasteiger partial charge < -0.3 is 9.73 Å². The summed E-state index contributed by atoms with van der Waals surface area (Å²) in [5.41, 5.74) is 2.54. The van der Waals surface area contributed by atoms with Gasteiger partial charge in [-0.05, 0) is 49.9 Å². The third kappa shape index (κ3) is 3.14. The van der Waals surface area contributed by atoms with Gasteiger partial charge in [0.1, 0.15) is 0 Å². The fourth-order valence-electron chi connectivity index (χ4n) is 2.46. The molecule has 1 aliphatic carbocycles. The van der Waals surface area contributed by atoms with E-state index in [0.717, 1.165) is 12.1 Å². The second kappa shape index (κ2) is 6.27. The molecule has 1 aromatic heterocycles. The Morgan fingerprint density at radius 1 is 1.41 bits per heavy atom. The molecule has 0 aromatic carbocycles. The van der Waals surface area contributed by atoms with Crippen molar-refractivity contribution < 1.29 is 4.42 Å². The SMILES string of the molecule is CCNC(C1=CCCCCC1)c1ccoc1Cl. The van der Waals surface area contributed by atoms with Crippen LogP contribution in [0.3, 0.4) is 0 Å². The van der Waals surface area contributed by atoms with Gasteiger partial charge in [-0.2, -0.15) is 0 Å². The second-order valence-corrected chi connectivity index (χ2v) is 4.86. The molecule has 1 aliphatic rings. The molecule has 0 fully saturated rings. The Hall–Kier alpha value is -0.730. The van der Waals surface area contributed by atoms with E-state index in [4.69, 9.17) is 16.0 Å². The number of halogens is 1. The fourth-order valence-corrected chi connectivity index (χ4v) is 2.68. The summed E-state index contributed by atoms with van der Waals surface area (Å²) >= 11 is 6.10. The summed E-state index contributed by atoms with van der Waals surface area (Å²) in [5, 5.41) is 4.03. The van der Waals surface area contributed by atoms with E-state index in [1.54, 1.807) is 6.26 Å². The Morgan fingerprint density at radius 2 is 2.29 bits per heavy atom. The van der Waals surface area contributed by atoms with Crippen LogP contribution in [0.25, 0.3) is 0 Å². The Morgan fingerprint density at radius 3 is 3.00 bits per heavy atom. The van der Waals surface area contributed by atoms with Crippen LogP contribution in [0.4, 0.5) is 0 Å². The van der Waals surface area contributed by atoms with Gasteiger partial charge in [0.05, 0.1) is 12.3 Å². The van der Waals surface area contributed by atoms with Gasteiger partial charge in [-0.15, -0.1) is 0 Å². The maximum atomic E-state index is 6.10. The number of nitrogens with one attached hydrogen (secondary N) is 1. The standard InChI is InChI=1S/C14H20ClNO/c1-2-16-13(12-9-10-17-14(12)15)11-7-5-3-4-6-8-11/h7,9-10,13,16H,2-6,8H2,1H3. The fraction of sp³-hybridized carbons (Fsp3) is 0.571. The summed E-state index contributed by atoms with van der Waals surface area (Å²) in [6, 6.07) is 2.20. The van der Waals surface area contributed by atoms with Gasteiger partial charge in [0, 0.05) is 5.56 Å². The predicted octanol–water partition coefficient (Wildman–Crippen LogP) is 4.47. The first-order valence-corrected chi connectivity index (χ1v) is 6.86. The molecule has 0 saturated heterocycles. The lowest BCUT2D eigenvalue weighted by atomic mass is 9.97. The number of hydrogen-bond donors (Lipinski definition) is 1. The Labute approximate surface area is 108 Å². The highest BCUT2D eigenvalue weighted by molar-refractivity contribution is 6.29. The molecule has 2 rings (SSSR count). The maximum absolute atomic E-state index is 6.10. The Kier molecular flexibility index (Phi) is 4.69. The van der Waals surface area contributed by atoms with Crippen LogP contribution in [-0.4, -0.2) is 6.54 Å². The average molecular weight is 254 g/mol. The van der Waals surface area contributed by atoms with Crippen molar-refractivity contribution in [2.45, 2.75) is 45.1 Å². The molecular weight excluding hydrogens is 234 g/mol. The van der Waals surface area contributed by atoms with E-state index in [2.05, 4.69) is 18.3 Å². The van der Waals surface area contributed by atoms with Crippen molar-refractivity contribution in [1.29, 1.82) is 0 Å². The van der Waals surface area contributed by atoms with Crippen molar-refractivity contribution in [3.05, 3.63) is 34.8 Å². The van der Waals surface area contributed by atoms with Crippen LogP contribution in [0.5, 0.6) is 0 Å². The third-order valence-corrected chi connectivity index (χ3v) is 3.62. The van der Waals surface area contributed by atoms with Gasteiger partial charge in [-0.25, -0.2) is 0 Å². The van der Waals surface area contributed by atoms with Crippen molar-refractivity contribution in [2.75, 3.05) is 6.54 Å². The lowest BCUT2D eigenvalue weighted by Gasteiger charge is -2.20. The molecule has 1 heterocycles. The lowest BCUT2D eigenvalue weighted by Crippen LogP contribution is -2.22. The van der Waals surface area contributed by atoms with E-state index >= 15 is 0 Å². The molecule has 1 aromatic rings. The van der Waals surface area contributed by atoms with Gasteiger partial charge in [0.15, 0.2) is 5.22 Å². The van der Waals surface area contributed by atoms with Crippen LogP contribution in [0.15, 0.2) is 28.4 Å². The number of likely N-dealkylation sites (N-methyl/N-ethyl adjacent to an activating group) is 1. The summed E-state index contributed by atoms with van der Waals surface area (Å²) in [4.78, 5) is 0. The van der Waals surface area contributed by atoms with E-state index in [1.807, 2.05) is 6.07 Å². The summed E-state index contributed by atoms with van der Waals surface area (Å²) in [6.07, 6.45) is 10.3. The summed E-state index contributed by atoms with van der Waals surface area (Å²) in [7, 11) is 0. The first kappa shape index (κ1) is 12.7. The number of furan rings is 1. The van der Waals surface area contributed by atoms with E-state index in [0.29, 0.717) is 5.22 Å². The van der Waals surface area contributed by atoms with Crippen LogP contribution in [0.1, 0.15) is 50.6 Å². The highest BCUT2D eigenvalue weighted by atomic mass is 35.5. The van der Waals surface area contributed by atoms with E-state index in [1.165, 1.54) is 37.7 Å². The summed E-state index contributed by atoms with van der Waals surface area (Å²) in [5.74, 6) is 0. The zero-order chi connectivity index (χ0) is 12.1. The second-order valence-electron chi connectivity index (χ2n) is 4.52. The van der Waals surface area contributed by atoms with E-state index in [-0.39, 0.29) is 6.04 Å². The molecular formula is C14H20ClNO. The summed E-state index contributed by atoms with van der Waals surface area (Å²) in [6.45, 7) is 3.06. The molecule has 0 bridgehead atoms. The quantitative estimate of drug-likeness (QED) is 0.801. The molecule has 17 heavy (non-hydrogen) atoms. The smallest absolute Gasteiger partial charge is 0.198 e. The minimum atomic E-state index is 0.226. The van der Waals surface area contributed by atoms with Crippen LogP contribution in [-0.2, 0) is 0 Å². The monoisotopic (exact) mass is 253 g/mol. The molecule has 0 saturated carbocycles. The average Bonchev–Trinajstić information content (AvgIpc) is 2.60. The molecule has 0 radical (unpaired) electrons. The lowest BCUT2D eigenvalue weighted by molar-refractivity contribution is 0.547. The molecule has 1 unspecified atom stereocenters. The van der Waals surface area contributed by atoms with Crippen LogP contribution < -0.4 is 5.32 Å². The van der Waals surface area contributed by atoms with E-state index < -0.39 is 0 Å². The molecule has 94 valence electrons. The molecule has 0 amide bonds. The molecule has 2 nitrogen and oxygen atoms in total. The molecule has 3 heteroatoms. The topological polar surface area (TPSA) is 25.2 Å². The first-order chi connectivity index (χ1) is 8.33. The minimum Gasteiger partial charge on any atom is -0.453 e. The normalized spacial score (nSPS) is 18.6. The van der Waals surface area contributed by atoms with Crippen molar-refractivity contribution in [2.24, 2.45) is 0 Å². The number of hydrogen-bond acceptors (Lipinski definition) is 2. The molecule has 1 atom stereocenters. The number of rotatable bonds is 4. The molecule has 0 spiro atoms. The summed E-state index contributed by atoms with van der Waals surface area (Å²) < 4.78 is 5.21.